The molecule has 1 N–H and O–H groups in total. The Morgan fingerprint density at radius 3 is 2.53 bits per heavy atom. The lowest BCUT2D eigenvalue weighted by Crippen LogP contribution is -1.90. The monoisotopic (exact) mass is 198 g/mol. The lowest BCUT2D eigenvalue weighted by atomic mass is 10.2. The highest BCUT2D eigenvalue weighted by atomic mass is 16.4. The molecule has 1 heterocycles. The van der Waals surface area contributed by atoms with Crippen LogP contribution in [0.4, 0.5) is 0 Å². The molecule has 1 atom stereocenters. The van der Waals surface area contributed by atoms with E-state index < -0.39 is 6.10 Å². The van der Waals surface area contributed by atoms with Gasteiger partial charge in [-0.2, -0.15) is 0 Å². The van der Waals surface area contributed by atoms with E-state index in [0.29, 0.717) is 5.76 Å². The first kappa shape index (κ1) is 9.57. The van der Waals surface area contributed by atoms with Crippen LogP contribution in [0, 0.1) is 11.8 Å². The Hall–Kier alpha value is -1.98. The first-order valence-corrected chi connectivity index (χ1v) is 4.64. The van der Waals surface area contributed by atoms with Crippen molar-refractivity contribution in [1.29, 1.82) is 0 Å². The van der Waals surface area contributed by atoms with Crippen LogP contribution < -0.4 is 0 Å². The van der Waals surface area contributed by atoms with E-state index in [1.165, 1.54) is 6.26 Å². The fourth-order valence-corrected chi connectivity index (χ4v) is 1.19. The van der Waals surface area contributed by atoms with Crippen LogP contribution in [0.2, 0.25) is 0 Å². The van der Waals surface area contributed by atoms with E-state index in [-0.39, 0.29) is 0 Å². The van der Waals surface area contributed by atoms with Crippen LogP contribution in [-0.4, -0.2) is 5.11 Å². The molecule has 0 spiro atoms. The molecule has 0 aliphatic carbocycles. The molecular weight excluding hydrogens is 188 g/mol. The zero-order chi connectivity index (χ0) is 10.5. The molecule has 15 heavy (non-hydrogen) atoms. The molecule has 0 fully saturated rings. The van der Waals surface area contributed by atoms with E-state index in [1.54, 1.807) is 12.1 Å². The van der Waals surface area contributed by atoms with E-state index in [2.05, 4.69) is 11.8 Å². The van der Waals surface area contributed by atoms with Crippen molar-refractivity contribution >= 4 is 0 Å². The van der Waals surface area contributed by atoms with Crippen LogP contribution in [0.25, 0.3) is 0 Å². The Kier molecular flexibility index (Phi) is 2.87. The van der Waals surface area contributed by atoms with Gasteiger partial charge in [0.15, 0.2) is 6.10 Å². The van der Waals surface area contributed by atoms with Gasteiger partial charge in [0.05, 0.1) is 6.26 Å². The molecule has 0 saturated carbocycles. The molecule has 0 saturated heterocycles. The van der Waals surface area contributed by atoms with E-state index in [0.717, 1.165) is 5.56 Å². The van der Waals surface area contributed by atoms with Gasteiger partial charge in [0, 0.05) is 5.56 Å². The summed E-state index contributed by atoms with van der Waals surface area (Å²) in [5.41, 5.74) is 0.878. The van der Waals surface area contributed by atoms with Crippen LogP contribution in [0.5, 0.6) is 0 Å². The molecule has 0 aliphatic heterocycles. The fourth-order valence-electron chi connectivity index (χ4n) is 1.19. The maximum Gasteiger partial charge on any atom is 0.173 e. The predicted molar refractivity (Wildman–Crippen MR) is 57.0 cm³/mol. The van der Waals surface area contributed by atoms with Crippen LogP contribution in [0.15, 0.2) is 53.1 Å². The average Bonchev–Trinajstić information content (AvgIpc) is 2.81. The molecule has 2 heteroatoms. The number of aliphatic hydroxyl groups excluding tert-OH is 1. The number of hydrogen-bond acceptors (Lipinski definition) is 2. The van der Waals surface area contributed by atoms with Crippen molar-refractivity contribution in [3.8, 4) is 11.8 Å². The van der Waals surface area contributed by atoms with E-state index >= 15 is 0 Å². The molecule has 2 rings (SSSR count). The Labute approximate surface area is 88.2 Å². The Balaban J connectivity index is 2.13. The summed E-state index contributed by atoms with van der Waals surface area (Å²) >= 11 is 0. The van der Waals surface area contributed by atoms with Crippen molar-refractivity contribution in [3.05, 3.63) is 60.1 Å². The highest BCUT2D eigenvalue weighted by molar-refractivity contribution is 5.35. The van der Waals surface area contributed by atoms with Crippen molar-refractivity contribution in [3.63, 3.8) is 0 Å². The molecule has 1 aromatic carbocycles. The Morgan fingerprint density at radius 1 is 1.07 bits per heavy atom. The van der Waals surface area contributed by atoms with Gasteiger partial charge in [-0.05, 0) is 24.3 Å². The maximum atomic E-state index is 9.60. The molecule has 2 nitrogen and oxygen atoms in total. The second-order valence-corrected chi connectivity index (χ2v) is 3.05. The third-order valence-electron chi connectivity index (χ3n) is 1.94. The van der Waals surface area contributed by atoms with Crippen molar-refractivity contribution in [1.82, 2.24) is 0 Å². The maximum absolute atomic E-state index is 9.60. The van der Waals surface area contributed by atoms with E-state index in [1.807, 2.05) is 30.3 Å². The standard InChI is InChI=1S/C13H10O2/c14-12(13-7-4-10-15-13)9-8-11-5-2-1-3-6-11/h1-7,10,12,14H/t12-/m0/s1. The van der Waals surface area contributed by atoms with Gasteiger partial charge in [-0.1, -0.05) is 30.0 Å². The van der Waals surface area contributed by atoms with Crippen molar-refractivity contribution < 1.29 is 9.52 Å². The average molecular weight is 198 g/mol. The molecule has 0 aliphatic rings. The summed E-state index contributed by atoms with van der Waals surface area (Å²) in [6, 6.07) is 12.9. The third-order valence-corrected chi connectivity index (χ3v) is 1.94. The third kappa shape index (κ3) is 2.49. The van der Waals surface area contributed by atoms with Crippen molar-refractivity contribution in [2.45, 2.75) is 6.10 Å². The van der Waals surface area contributed by atoms with Crippen LogP contribution in [0.3, 0.4) is 0 Å². The number of aliphatic hydroxyl groups is 1. The number of hydrogen-bond donors (Lipinski definition) is 1. The molecule has 74 valence electrons. The zero-order valence-corrected chi connectivity index (χ0v) is 8.05. The second kappa shape index (κ2) is 4.50. The SMILES string of the molecule is O[C@@H](C#Cc1ccccc1)c1ccco1. The summed E-state index contributed by atoms with van der Waals surface area (Å²) in [5, 5.41) is 9.60. The quantitative estimate of drug-likeness (QED) is 0.713. The van der Waals surface area contributed by atoms with Gasteiger partial charge in [-0.3, -0.25) is 0 Å². The lowest BCUT2D eigenvalue weighted by Gasteiger charge is -1.96. The lowest BCUT2D eigenvalue weighted by molar-refractivity contribution is 0.206. The first-order chi connectivity index (χ1) is 7.36. The fraction of sp³-hybridized carbons (Fsp3) is 0.0769. The molecule has 0 unspecified atom stereocenters. The summed E-state index contributed by atoms with van der Waals surface area (Å²) in [7, 11) is 0. The second-order valence-electron chi connectivity index (χ2n) is 3.05. The largest absolute Gasteiger partial charge is 0.466 e. The van der Waals surface area contributed by atoms with Gasteiger partial charge in [-0.25, -0.2) is 0 Å². The number of benzene rings is 1. The van der Waals surface area contributed by atoms with E-state index in [4.69, 9.17) is 4.42 Å². The van der Waals surface area contributed by atoms with Gasteiger partial charge < -0.3 is 9.52 Å². The Bertz CT molecular complexity index is 460. The summed E-state index contributed by atoms with van der Waals surface area (Å²) in [4.78, 5) is 0. The topological polar surface area (TPSA) is 33.4 Å². The summed E-state index contributed by atoms with van der Waals surface area (Å²) in [6.45, 7) is 0. The smallest absolute Gasteiger partial charge is 0.173 e. The highest BCUT2D eigenvalue weighted by Crippen LogP contribution is 2.11. The molecular formula is C13H10O2. The molecule has 0 bridgehead atoms. The van der Waals surface area contributed by atoms with Gasteiger partial charge in [0.25, 0.3) is 0 Å². The van der Waals surface area contributed by atoms with Crippen molar-refractivity contribution in [2.24, 2.45) is 0 Å². The van der Waals surface area contributed by atoms with Gasteiger partial charge >= 0.3 is 0 Å². The Morgan fingerprint density at radius 2 is 1.87 bits per heavy atom. The molecule has 0 amide bonds. The normalized spacial score (nSPS) is 11.5. The minimum absolute atomic E-state index is 0.471. The summed E-state index contributed by atoms with van der Waals surface area (Å²) in [5.74, 6) is 6.06. The van der Waals surface area contributed by atoms with Crippen LogP contribution in [0.1, 0.15) is 17.4 Å². The minimum atomic E-state index is -0.861. The number of furan rings is 1. The predicted octanol–water partition coefficient (Wildman–Crippen LogP) is 2.36. The van der Waals surface area contributed by atoms with E-state index in [9.17, 15) is 5.11 Å². The molecule has 2 aromatic rings. The van der Waals surface area contributed by atoms with Crippen LogP contribution >= 0.6 is 0 Å². The zero-order valence-electron chi connectivity index (χ0n) is 8.05. The van der Waals surface area contributed by atoms with Crippen molar-refractivity contribution in [2.75, 3.05) is 0 Å². The molecule has 0 radical (unpaired) electrons. The molecule has 1 aromatic heterocycles. The van der Waals surface area contributed by atoms with Gasteiger partial charge in [0.1, 0.15) is 5.76 Å². The highest BCUT2D eigenvalue weighted by Gasteiger charge is 2.04. The first-order valence-electron chi connectivity index (χ1n) is 4.64. The number of rotatable bonds is 1. The minimum Gasteiger partial charge on any atom is -0.466 e. The summed E-state index contributed by atoms with van der Waals surface area (Å²) < 4.78 is 5.03. The van der Waals surface area contributed by atoms with Gasteiger partial charge in [0.2, 0.25) is 0 Å². The summed E-state index contributed by atoms with van der Waals surface area (Å²) in [6.07, 6.45) is 0.656. The van der Waals surface area contributed by atoms with Crippen LogP contribution in [-0.2, 0) is 0 Å². The van der Waals surface area contributed by atoms with Gasteiger partial charge in [-0.15, -0.1) is 0 Å².